The van der Waals surface area contributed by atoms with Crippen LogP contribution in [0.15, 0.2) is 89.8 Å². The quantitative estimate of drug-likeness (QED) is 0.533. The predicted molar refractivity (Wildman–Crippen MR) is 129 cm³/mol. The molecular formula is C27H30N2O2S. The van der Waals surface area contributed by atoms with Gasteiger partial charge in [0.1, 0.15) is 0 Å². The topological polar surface area (TPSA) is 49.4 Å². The summed E-state index contributed by atoms with van der Waals surface area (Å²) in [6, 6.07) is 27.2. The fourth-order valence-corrected chi connectivity index (χ4v) is 6.53. The molecule has 2 fully saturated rings. The fourth-order valence-electron chi connectivity index (χ4n) is 5.46. The molecular weight excluding hydrogens is 416 g/mol. The summed E-state index contributed by atoms with van der Waals surface area (Å²) in [5, 5.41) is 0. The Morgan fingerprint density at radius 1 is 0.906 bits per heavy atom. The summed E-state index contributed by atoms with van der Waals surface area (Å²) in [7, 11) is -3.57. The van der Waals surface area contributed by atoms with Crippen molar-refractivity contribution < 1.29 is 8.42 Å². The van der Waals surface area contributed by atoms with Gasteiger partial charge >= 0.3 is 0 Å². The zero-order valence-electron chi connectivity index (χ0n) is 18.4. The van der Waals surface area contributed by atoms with Gasteiger partial charge < -0.3 is 4.90 Å². The molecule has 1 saturated heterocycles. The Kier molecular flexibility index (Phi) is 5.56. The molecule has 0 radical (unpaired) electrons. The lowest BCUT2D eigenvalue weighted by Crippen LogP contribution is -2.30. The maximum absolute atomic E-state index is 12.7. The van der Waals surface area contributed by atoms with E-state index in [9.17, 15) is 8.42 Å². The summed E-state index contributed by atoms with van der Waals surface area (Å²) in [6.07, 6.45) is 2.32. The van der Waals surface area contributed by atoms with Crippen LogP contribution in [-0.2, 0) is 21.9 Å². The first-order chi connectivity index (χ1) is 15.5. The van der Waals surface area contributed by atoms with E-state index in [1.807, 2.05) is 24.3 Å². The second-order valence-corrected chi connectivity index (χ2v) is 11.0. The lowest BCUT2D eigenvalue weighted by molar-refractivity contribution is 0.274. The number of benzene rings is 3. The number of hydrogen-bond donors (Lipinski definition) is 1. The Morgan fingerprint density at radius 3 is 2.25 bits per heavy atom. The Morgan fingerprint density at radius 2 is 1.56 bits per heavy atom. The van der Waals surface area contributed by atoms with Crippen molar-refractivity contribution in [3.8, 4) is 0 Å². The van der Waals surface area contributed by atoms with Gasteiger partial charge in [0, 0.05) is 24.2 Å². The second-order valence-electron chi connectivity index (χ2n) is 9.34. The van der Waals surface area contributed by atoms with Crippen molar-refractivity contribution in [2.24, 2.45) is 11.8 Å². The van der Waals surface area contributed by atoms with Crippen LogP contribution in [0.1, 0.15) is 24.5 Å². The molecule has 1 heterocycles. The van der Waals surface area contributed by atoms with E-state index in [2.05, 4.69) is 52.9 Å². The highest BCUT2D eigenvalue weighted by Crippen LogP contribution is 2.63. The highest BCUT2D eigenvalue weighted by Gasteiger charge is 2.65. The number of likely N-dealkylation sites (tertiary alicyclic amines) is 1. The number of nitrogens with one attached hydrogen (secondary N) is 1. The molecule has 1 aliphatic heterocycles. The number of nitrogens with zero attached hydrogens (tertiary/aromatic N) is 1. The van der Waals surface area contributed by atoms with Gasteiger partial charge in [0.2, 0.25) is 0 Å². The number of sulfonamides is 1. The maximum Gasteiger partial charge on any atom is 0.261 e. The lowest BCUT2D eigenvalue weighted by atomic mass is 9.92. The van der Waals surface area contributed by atoms with Gasteiger partial charge in [-0.2, -0.15) is 0 Å². The normalized spacial score (nSPS) is 24.8. The molecule has 3 aromatic carbocycles. The number of piperidine rings is 1. The van der Waals surface area contributed by atoms with Crippen LogP contribution in [0.25, 0.3) is 0 Å². The average molecular weight is 447 g/mol. The van der Waals surface area contributed by atoms with Gasteiger partial charge in [0.25, 0.3) is 10.0 Å². The van der Waals surface area contributed by atoms with E-state index >= 15 is 0 Å². The zero-order valence-corrected chi connectivity index (χ0v) is 19.3. The van der Waals surface area contributed by atoms with Crippen LogP contribution in [-0.4, -0.2) is 33.0 Å². The summed E-state index contributed by atoms with van der Waals surface area (Å²) in [4.78, 5) is 2.88. The first-order valence-electron chi connectivity index (χ1n) is 11.4. The van der Waals surface area contributed by atoms with Crippen molar-refractivity contribution in [1.82, 2.24) is 4.90 Å². The van der Waals surface area contributed by atoms with Gasteiger partial charge in [0.15, 0.2) is 0 Å². The molecule has 5 heteroatoms. The molecule has 2 aliphatic rings. The van der Waals surface area contributed by atoms with Crippen molar-refractivity contribution in [3.05, 3.63) is 96.1 Å². The zero-order chi connectivity index (χ0) is 22.2. The molecule has 32 heavy (non-hydrogen) atoms. The van der Waals surface area contributed by atoms with Crippen LogP contribution < -0.4 is 4.72 Å². The summed E-state index contributed by atoms with van der Waals surface area (Å²) in [5.74, 6) is 1.31. The van der Waals surface area contributed by atoms with Crippen LogP contribution in [0.5, 0.6) is 0 Å². The molecule has 0 aromatic heterocycles. The van der Waals surface area contributed by atoms with Gasteiger partial charge in [-0.25, -0.2) is 8.42 Å². The minimum atomic E-state index is -3.57. The standard InChI is InChI=1S/C27H30N2O2S/c1-27(25-19-29(20-26(25)27)17-9-12-21-10-4-2-5-11-21)22-13-8-14-23(18-22)28-32(30,31)24-15-6-3-7-16-24/h2-8,10-11,13-16,18,25-26,28H,9,12,17,19-20H2,1H3. The highest BCUT2D eigenvalue weighted by molar-refractivity contribution is 7.92. The number of aryl methyl sites for hydroxylation is 1. The van der Waals surface area contributed by atoms with Crippen LogP contribution in [0.3, 0.4) is 0 Å². The van der Waals surface area contributed by atoms with Crippen molar-refractivity contribution >= 4 is 15.7 Å². The minimum Gasteiger partial charge on any atom is -0.303 e. The van der Waals surface area contributed by atoms with Crippen LogP contribution in [0, 0.1) is 11.8 Å². The van der Waals surface area contributed by atoms with Crippen molar-refractivity contribution in [1.29, 1.82) is 0 Å². The monoisotopic (exact) mass is 446 g/mol. The maximum atomic E-state index is 12.7. The van der Waals surface area contributed by atoms with E-state index in [1.165, 1.54) is 17.5 Å². The highest BCUT2D eigenvalue weighted by atomic mass is 32.2. The molecule has 1 N–H and O–H groups in total. The van der Waals surface area contributed by atoms with E-state index in [-0.39, 0.29) is 10.3 Å². The number of fused-ring (bicyclic) bond motifs is 1. The Bertz CT molecular complexity index is 1170. The first kappa shape index (κ1) is 21.2. The second kappa shape index (κ2) is 8.38. The Labute approximate surface area is 191 Å². The van der Waals surface area contributed by atoms with Gasteiger partial charge in [-0.1, -0.05) is 67.6 Å². The Hall–Kier alpha value is -2.63. The Balaban J connectivity index is 1.20. The van der Waals surface area contributed by atoms with Crippen LogP contribution in [0.4, 0.5) is 5.69 Å². The van der Waals surface area contributed by atoms with Crippen LogP contribution >= 0.6 is 0 Å². The van der Waals surface area contributed by atoms with E-state index in [1.54, 1.807) is 24.3 Å². The largest absolute Gasteiger partial charge is 0.303 e. The predicted octanol–water partition coefficient (Wildman–Crippen LogP) is 4.94. The van der Waals surface area contributed by atoms with E-state index in [0.717, 1.165) is 26.1 Å². The molecule has 4 nitrogen and oxygen atoms in total. The average Bonchev–Trinajstić information content (AvgIpc) is 3.14. The third-order valence-electron chi connectivity index (χ3n) is 7.40. The lowest BCUT2D eigenvalue weighted by Gasteiger charge is -2.25. The third kappa shape index (κ3) is 4.07. The molecule has 3 aromatic rings. The van der Waals surface area contributed by atoms with E-state index < -0.39 is 10.0 Å². The van der Waals surface area contributed by atoms with Crippen molar-refractivity contribution in [3.63, 3.8) is 0 Å². The third-order valence-corrected chi connectivity index (χ3v) is 8.80. The molecule has 1 aliphatic carbocycles. The number of anilines is 1. The minimum absolute atomic E-state index is 0.143. The van der Waals surface area contributed by atoms with E-state index in [0.29, 0.717) is 17.5 Å². The van der Waals surface area contributed by atoms with Gasteiger partial charge in [-0.3, -0.25) is 4.72 Å². The van der Waals surface area contributed by atoms with Crippen molar-refractivity contribution in [2.45, 2.75) is 30.1 Å². The number of hydrogen-bond acceptors (Lipinski definition) is 3. The van der Waals surface area contributed by atoms with E-state index in [4.69, 9.17) is 0 Å². The molecule has 0 amide bonds. The van der Waals surface area contributed by atoms with Crippen LogP contribution in [0.2, 0.25) is 0 Å². The molecule has 5 rings (SSSR count). The molecule has 0 bridgehead atoms. The summed E-state index contributed by atoms with van der Waals surface area (Å²) in [5.41, 5.74) is 3.43. The van der Waals surface area contributed by atoms with Gasteiger partial charge in [-0.05, 0) is 66.6 Å². The summed E-state index contributed by atoms with van der Waals surface area (Å²) >= 11 is 0. The summed E-state index contributed by atoms with van der Waals surface area (Å²) < 4.78 is 28.2. The molecule has 2 atom stereocenters. The molecule has 0 spiro atoms. The molecule has 166 valence electrons. The van der Waals surface area contributed by atoms with Gasteiger partial charge in [0.05, 0.1) is 4.90 Å². The first-order valence-corrected chi connectivity index (χ1v) is 12.9. The SMILES string of the molecule is CC1(c2cccc(NS(=O)(=O)c3ccccc3)c2)C2CN(CCCc3ccccc3)CC21. The van der Waals surface area contributed by atoms with Gasteiger partial charge in [-0.15, -0.1) is 0 Å². The fraction of sp³-hybridized carbons (Fsp3) is 0.333. The smallest absolute Gasteiger partial charge is 0.261 e. The molecule has 1 saturated carbocycles. The van der Waals surface area contributed by atoms with Crippen molar-refractivity contribution in [2.75, 3.05) is 24.4 Å². The molecule has 2 unspecified atom stereocenters. The number of rotatable bonds is 8. The summed E-state index contributed by atoms with van der Waals surface area (Å²) in [6.45, 7) is 5.76.